The van der Waals surface area contributed by atoms with Crippen LogP contribution in [0.15, 0.2) is 12.1 Å². The highest BCUT2D eigenvalue weighted by Crippen LogP contribution is 2.15. The van der Waals surface area contributed by atoms with Crippen molar-refractivity contribution in [3.05, 3.63) is 28.0 Å². The summed E-state index contributed by atoms with van der Waals surface area (Å²) in [5.74, 6) is -1.47. The maximum absolute atomic E-state index is 11.9. The van der Waals surface area contributed by atoms with Gasteiger partial charge in [-0.3, -0.25) is 4.79 Å². The fourth-order valence-electron chi connectivity index (χ4n) is 1.53. The van der Waals surface area contributed by atoms with E-state index in [-0.39, 0.29) is 21.8 Å². The second-order valence-corrected chi connectivity index (χ2v) is 5.27. The van der Waals surface area contributed by atoms with E-state index in [9.17, 15) is 9.59 Å². The number of nitrogens with one attached hydrogen (secondary N) is 1. The number of nitrogens with zero attached hydrogens (tertiary/aromatic N) is 1. The molecule has 19 heavy (non-hydrogen) atoms. The van der Waals surface area contributed by atoms with Crippen molar-refractivity contribution in [2.75, 3.05) is 0 Å². The SMILES string of the molecule is CC(C)C[C@H](NC(=O)c1cc(Cl)nc(Cl)c1)C(=O)O. The Hall–Kier alpha value is -1.33. The third-order valence-electron chi connectivity index (χ3n) is 2.34. The minimum Gasteiger partial charge on any atom is -0.480 e. The Morgan fingerprint density at radius 1 is 1.32 bits per heavy atom. The average Bonchev–Trinajstić information content (AvgIpc) is 2.25. The molecule has 0 fully saturated rings. The lowest BCUT2D eigenvalue weighted by atomic mass is 10.0. The molecule has 104 valence electrons. The zero-order valence-electron chi connectivity index (χ0n) is 10.5. The number of hydrogen-bond acceptors (Lipinski definition) is 3. The molecule has 0 aliphatic heterocycles. The Morgan fingerprint density at radius 2 is 1.84 bits per heavy atom. The summed E-state index contributed by atoms with van der Waals surface area (Å²) in [7, 11) is 0. The van der Waals surface area contributed by atoms with Crippen LogP contribution in [0, 0.1) is 5.92 Å². The first kappa shape index (κ1) is 15.7. The average molecular weight is 305 g/mol. The minimum atomic E-state index is -1.08. The number of pyridine rings is 1. The van der Waals surface area contributed by atoms with Gasteiger partial charge < -0.3 is 10.4 Å². The Labute approximate surface area is 120 Å². The minimum absolute atomic E-state index is 0.0772. The Balaban J connectivity index is 2.84. The van der Waals surface area contributed by atoms with Gasteiger partial charge in [-0.2, -0.15) is 0 Å². The smallest absolute Gasteiger partial charge is 0.326 e. The summed E-state index contributed by atoms with van der Waals surface area (Å²) in [5, 5.41) is 11.6. The summed E-state index contributed by atoms with van der Waals surface area (Å²) in [5.41, 5.74) is 0.181. The van der Waals surface area contributed by atoms with Crippen molar-refractivity contribution < 1.29 is 14.7 Å². The van der Waals surface area contributed by atoms with Gasteiger partial charge in [0.2, 0.25) is 0 Å². The molecular weight excluding hydrogens is 291 g/mol. The summed E-state index contributed by atoms with van der Waals surface area (Å²) in [4.78, 5) is 26.7. The first-order valence-electron chi connectivity index (χ1n) is 5.66. The topological polar surface area (TPSA) is 79.3 Å². The predicted molar refractivity (Wildman–Crippen MR) is 72.6 cm³/mol. The van der Waals surface area contributed by atoms with Crippen molar-refractivity contribution in [2.24, 2.45) is 5.92 Å². The monoisotopic (exact) mass is 304 g/mol. The van der Waals surface area contributed by atoms with Crippen molar-refractivity contribution in [2.45, 2.75) is 26.3 Å². The van der Waals surface area contributed by atoms with E-state index in [4.69, 9.17) is 28.3 Å². The van der Waals surface area contributed by atoms with Crippen LogP contribution in [-0.2, 0) is 4.79 Å². The predicted octanol–water partition coefficient (Wildman–Crippen LogP) is 2.62. The van der Waals surface area contributed by atoms with Crippen LogP contribution in [0.25, 0.3) is 0 Å². The molecule has 1 aromatic rings. The van der Waals surface area contributed by atoms with Crippen molar-refractivity contribution >= 4 is 35.1 Å². The molecule has 5 nitrogen and oxygen atoms in total. The summed E-state index contributed by atoms with van der Waals surface area (Å²) < 4.78 is 0. The molecule has 7 heteroatoms. The molecule has 0 spiro atoms. The van der Waals surface area contributed by atoms with Crippen LogP contribution in [0.3, 0.4) is 0 Å². The van der Waals surface area contributed by atoms with Crippen molar-refractivity contribution in [3.8, 4) is 0 Å². The van der Waals surface area contributed by atoms with Gasteiger partial charge in [0.05, 0.1) is 0 Å². The number of carbonyl (C=O) groups is 2. The van der Waals surface area contributed by atoms with E-state index in [0.717, 1.165) is 0 Å². The van der Waals surface area contributed by atoms with E-state index < -0.39 is 17.9 Å². The van der Waals surface area contributed by atoms with E-state index in [1.165, 1.54) is 12.1 Å². The number of aliphatic carboxylic acids is 1. The number of hydrogen-bond donors (Lipinski definition) is 2. The van der Waals surface area contributed by atoms with Crippen molar-refractivity contribution in [1.82, 2.24) is 10.3 Å². The van der Waals surface area contributed by atoms with Gasteiger partial charge in [0.25, 0.3) is 5.91 Å². The number of amides is 1. The first-order valence-corrected chi connectivity index (χ1v) is 6.42. The third kappa shape index (κ3) is 5.04. The van der Waals surface area contributed by atoms with Crippen LogP contribution in [-0.4, -0.2) is 28.0 Å². The quantitative estimate of drug-likeness (QED) is 0.820. The fraction of sp³-hybridized carbons (Fsp3) is 0.417. The van der Waals surface area contributed by atoms with Gasteiger partial charge in [0.1, 0.15) is 16.3 Å². The Bertz CT molecular complexity index is 472. The van der Waals surface area contributed by atoms with Gasteiger partial charge in [0.15, 0.2) is 0 Å². The lowest BCUT2D eigenvalue weighted by Crippen LogP contribution is -2.41. The van der Waals surface area contributed by atoms with Crippen molar-refractivity contribution in [1.29, 1.82) is 0 Å². The molecule has 0 aromatic carbocycles. The Morgan fingerprint density at radius 3 is 2.26 bits per heavy atom. The zero-order valence-corrected chi connectivity index (χ0v) is 12.0. The van der Waals surface area contributed by atoms with Gasteiger partial charge in [-0.25, -0.2) is 9.78 Å². The molecule has 0 saturated carbocycles. The van der Waals surface area contributed by atoms with Gasteiger partial charge in [-0.1, -0.05) is 37.0 Å². The molecular formula is C12H14Cl2N2O3. The highest BCUT2D eigenvalue weighted by molar-refractivity contribution is 6.33. The first-order chi connectivity index (χ1) is 8.79. The summed E-state index contributed by atoms with van der Waals surface area (Å²) in [6.45, 7) is 3.75. The van der Waals surface area contributed by atoms with Gasteiger partial charge >= 0.3 is 5.97 Å². The van der Waals surface area contributed by atoms with Gasteiger partial charge in [-0.05, 0) is 24.5 Å². The second-order valence-electron chi connectivity index (χ2n) is 4.50. The van der Waals surface area contributed by atoms with E-state index in [1.807, 2.05) is 13.8 Å². The number of carbonyl (C=O) groups excluding carboxylic acids is 1. The number of halogens is 2. The number of carboxylic acid groups (broad SMARTS) is 1. The maximum atomic E-state index is 11.9. The molecule has 0 radical (unpaired) electrons. The summed E-state index contributed by atoms with van der Waals surface area (Å²) in [6.07, 6.45) is 0.341. The largest absolute Gasteiger partial charge is 0.480 e. The number of carboxylic acids is 1. The van der Waals surface area contributed by atoms with Crippen LogP contribution in [0.4, 0.5) is 0 Å². The van der Waals surface area contributed by atoms with Gasteiger partial charge in [0, 0.05) is 5.56 Å². The number of rotatable bonds is 5. The molecule has 0 aliphatic carbocycles. The molecule has 1 amide bonds. The van der Waals surface area contributed by atoms with Crippen LogP contribution in [0.5, 0.6) is 0 Å². The van der Waals surface area contributed by atoms with E-state index >= 15 is 0 Å². The fourth-order valence-corrected chi connectivity index (χ4v) is 1.99. The lowest BCUT2D eigenvalue weighted by molar-refractivity contribution is -0.139. The molecule has 0 saturated heterocycles. The zero-order chi connectivity index (χ0) is 14.6. The molecule has 1 rings (SSSR count). The standard InChI is InChI=1S/C12H14Cl2N2O3/c1-6(2)3-8(12(18)19)15-11(17)7-4-9(13)16-10(14)5-7/h4-6,8H,3H2,1-2H3,(H,15,17)(H,18,19)/t8-/m0/s1. The van der Waals surface area contributed by atoms with E-state index in [0.29, 0.717) is 6.42 Å². The van der Waals surface area contributed by atoms with Crippen LogP contribution in [0.1, 0.15) is 30.6 Å². The van der Waals surface area contributed by atoms with Crippen LogP contribution < -0.4 is 5.32 Å². The van der Waals surface area contributed by atoms with Crippen LogP contribution >= 0.6 is 23.2 Å². The van der Waals surface area contributed by atoms with E-state index in [2.05, 4.69) is 10.3 Å². The normalized spacial score (nSPS) is 12.3. The van der Waals surface area contributed by atoms with Crippen molar-refractivity contribution in [3.63, 3.8) is 0 Å². The summed E-state index contributed by atoms with van der Waals surface area (Å²) >= 11 is 11.4. The lowest BCUT2D eigenvalue weighted by Gasteiger charge is -2.16. The molecule has 0 aliphatic rings. The van der Waals surface area contributed by atoms with E-state index in [1.54, 1.807) is 0 Å². The molecule has 0 unspecified atom stereocenters. The highest BCUT2D eigenvalue weighted by Gasteiger charge is 2.22. The summed E-state index contributed by atoms with van der Waals surface area (Å²) in [6, 6.07) is 1.71. The number of aromatic nitrogens is 1. The second kappa shape index (κ2) is 6.73. The van der Waals surface area contributed by atoms with Crippen LogP contribution in [0.2, 0.25) is 10.3 Å². The molecule has 1 heterocycles. The van der Waals surface area contributed by atoms with Gasteiger partial charge in [-0.15, -0.1) is 0 Å². The Kier molecular flexibility index (Phi) is 5.57. The molecule has 2 N–H and O–H groups in total. The molecule has 1 atom stereocenters. The maximum Gasteiger partial charge on any atom is 0.326 e. The highest BCUT2D eigenvalue weighted by atomic mass is 35.5. The molecule has 0 bridgehead atoms. The molecule has 1 aromatic heterocycles. The third-order valence-corrected chi connectivity index (χ3v) is 2.72.